The summed E-state index contributed by atoms with van der Waals surface area (Å²) in [4.78, 5) is 37.9. The van der Waals surface area contributed by atoms with Gasteiger partial charge in [-0.25, -0.2) is 0 Å². The molecule has 0 fully saturated rings. The number of carboxylic acid groups (broad SMARTS) is 1. The molecule has 7 heteroatoms. The van der Waals surface area contributed by atoms with Crippen LogP contribution in [-0.4, -0.2) is 34.5 Å². The summed E-state index contributed by atoms with van der Waals surface area (Å²) in [5, 5.41) is 15.0. The number of rotatable bonds is 13. The number of benzene rings is 4. The van der Waals surface area contributed by atoms with Crippen LogP contribution >= 0.6 is 0 Å². The molecule has 0 saturated carbocycles. The summed E-state index contributed by atoms with van der Waals surface area (Å²) in [5.74, 6) is -1.04. The Balaban J connectivity index is 1.40. The SMILES string of the molecule is CC(C)(Cc1ccccc1)NC(=O)[C@H](CCC(=O)O)NC(=O)c1ccc(-c2ccc(COc3cc(C(C)(C)C)cc(C(C)(C)C)c3)cc2)cc1. The quantitative estimate of drug-likeness (QED) is 0.132. The molecule has 3 N–H and O–H groups in total. The van der Waals surface area contributed by atoms with Crippen molar-refractivity contribution in [3.05, 3.63) is 125 Å². The van der Waals surface area contributed by atoms with Crippen molar-refractivity contribution in [2.45, 2.75) is 104 Å². The molecular formula is C43H52N2O5. The predicted molar refractivity (Wildman–Crippen MR) is 201 cm³/mol. The highest BCUT2D eigenvalue weighted by molar-refractivity contribution is 5.98. The van der Waals surface area contributed by atoms with E-state index in [4.69, 9.17) is 4.74 Å². The summed E-state index contributed by atoms with van der Waals surface area (Å²) < 4.78 is 6.28. The minimum Gasteiger partial charge on any atom is -0.489 e. The van der Waals surface area contributed by atoms with Crippen LogP contribution < -0.4 is 15.4 Å². The van der Waals surface area contributed by atoms with Gasteiger partial charge in [-0.15, -0.1) is 0 Å². The molecule has 0 aliphatic carbocycles. The first-order valence-electron chi connectivity index (χ1n) is 17.3. The zero-order valence-corrected chi connectivity index (χ0v) is 30.7. The fourth-order valence-corrected chi connectivity index (χ4v) is 5.67. The Bertz CT molecular complexity index is 1730. The molecule has 0 aliphatic rings. The molecule has 50 heavy (non-hydrogen) atoms. The lowest BCUT2D eigenvalue weighted by atomic mass is 9.80. The van der Waals surface area contributed by atoms with Crippen LogP contribution in [0.15, 0.2) is 97.1 Å². The van der Waals surface area contributed by atoms with Crippen LogP contribution in [0.4, 0.5) is 0 Å². The number of hydrogen-bond donors (Lipinski definition) is 3. The summed E-state index contributed by atoms with van der Waals surface area (Å²) in [7, 11) is 0. The molecule has 1 atom stereocenters. The zero-order chi connectivity index (χ0) is 36.7. The number of aliphatic carboxylic acids is 1. The molecule has 0 spiro atoms. The van der Waals surface area contributed by atoms with Crippen molar-refractivity contribution < 1.29 is 24.2 Å². The Morgan fingerprint density at radius 1 is 0.700 bits per heavy atom. The van der Waals surface area contributed by atoms with Crippen LogP contribution in [0.25, 0.3) is 11.1 Å². The smallest absolute Gasteiger partial charge is 0.303 e. The Hall–Kier alpha value is -4.91. The third-order valence-electron chi connectivity index (χ3n) is 8.70. The average molecular weight is 677 g/mol. The van der Waals surface area contributed by atoms with Crippen molar-refractivity contribution in [2.24, 2.45) is 0 Å². The van der Waals surface area contributed by atoms with Gasteiger partial charge < -0.3 is 20.5 Å². The predicted octanol–water partition coefficient (Wildman–Crippen LogP) is 8.63. The molecule has 4 aromatic carbocycles. The van der Waals surface area contributed by atoms with E-state index in [2.05, 4.69) is 70.4 Å². The summed E-state index contributed by atoms with van der Waals surface area (Å²) in [6.45, 7) is 17.5. The van der Waals surface area contributed by atoms with E-state index in [-0.39, 0.29) is 23.7 Å². The zero-order valence-electron chi connectivity index (χ0n) is 30.7. The highest BCUT2D eigenvalue weighted by atomic mass is 16.5. The van der Waals surface area contributed by atoms with Gasteiger partial charge in [-0.3, -0.25) is 14.4 Å². The molecule has 4 rings (SSSR count). The maximum atomic E-state index is 13.3. The Morgan fingerprint density at radius 2 is 1.24 bits per heavy atom. The fourth-order valence-electron chi connectivity index (χ4n) is 5.67. The van der Waals surface area contributed by atoms with Crippen molar-refractivity contribution in [1.29, 1.82) is 0 Å². The second-order valence-electron chi connectivity index (χ2n) is 15.8. The average Bonchev–Trinajstić information content (AvgIpc) is 3.05. The van der Waals surface area contributed by atoms with Gasteiger partial charge in [-0.05, 0) is 95.2 Å². The summed E-state index contributed by atoms with van der Waals surface area (Å²) in [6.07, 6.45) is 0.305. The molecule has 0 aliphatic heterocycles. The van der Waals surface area contributed by atoms with Crippen molar-refractivity contribution in [3.8, 4) is 16.9 Å². The van der Waals surface area contributed by atoms with Gasteiger partial charge in [0.05, 0.1) is 0 Å². The van der Waals surface area contributed by atoms with E-state index in [0.717, 1.165) is 28.0 Å². The summed E-state index contributed by atoms with van der Waals surface area (Å²) >= 11 is 0. The van der Waals surface area contributed by atoms with Crippen LogP contribution in [0.2, 0.25) is 0 Å². The van der Waals surface area contributed by atoms with Crippen molar-refractivity contribution in [3.63, 3.8) is 0 Å². The van der Waals surface area contributed by atoms with Gasteiger partial charge in [-0.1, -0.05) is 114 Å². The van der Waals surface area contributed by atoms with Crippen LogP contribution in [0.5, 0.6) is 5.75 Å². The topological polar surface area (TPSA) is 105 Å². The van der Waals surface area contributed by atoms with E-state index in [1.54, 1.807) is 12.1 Å². The number of carbonyl (C=O) groups excluding carboxylic acids is 2. The van der Waals surface area contributed by atoms with Gasteiger partial charge in [0.1, 0.15) is 18.4 Å². The van der Waals surface area contributed by atoms with Crippen LogP contribution in [0.3, 0.4) is 0 Å². The lowest BCUT2D eigenvalue weighted by Crippen LogP contribution is -2.54. The normalized spacial score (nSPS) is 12.6. The van der Waals surface area contributed by atoms with Crippen molar-refractivity contribution in [1.82, 2.24) is 10.6 Å². The van der Waals surface area contributed by atoms with E-state index in [0.29, 0.717) is 18.6 Å². The maximum Gasteiger partial charge on any atom is 0.303 e. The largest absolute Gasteiger partial charge is 0.489 e. The highest BCUT2D eigenvalue weighted by Gasteiger charge is 2.28. The summed E-state index contributed by atoms with van der Waals surface area (Å²) in [6, 6.07) is 30.6. The monoisotopic (exact) mass is 676 g/mol. The molecule has 0 unspecified atom stereocenters. The van der Waals surface area contributed by atoms with Gasteiger partial charge in [0.15, 0.2) is 0 Å². The van der Waals surface area contributed by atoms with E-state index < -0.39 is 29.4 Å². The second-order valence-corrected chi connectivity index (χ2v) is 15.8. The van der Waals surface area contributed by atoms with E-state index in [1.165, 1.54) is 11.1 Å². The molecule has 2 amide bonds. The van der Waals surface area contributed by atoms with Gasteiger partial charge in [0.2, 0.25) is 5.91 Å². The molecular weight excluding hydrogens is 624 g/mol. The first kappa shape index (κ1) is 37.9. The maximum absolute atomic E-state index is 13.3. The molecule has 0 heterocycles. The number of amides is 2. The highest BCUT2D eigenvalue weighted by Crippen LogP contribution is 2.33. The molecule has 0 aromatic heterocycles. The number of nitrogens with one attached hydrogen (secondary N) is 2. The van der Waals surface area contributed by atoms with Gasteiger partial charge >= 0.3 is 5.97 Å². The number of ether oxygens (including phenoxy) is 1. The molecule has 0 radical (unpaired) electrons. The van der Waals surface area contributed by atoms with E-state index in [9.17, 15) is 19.5 Å². The molecule has 7 nitrogen and oxygen atoms in total. The molecule has 4 aromatic rings. The summed E-state index contributed by atoms with van der Waals surface area (Å²) in [5.41, 5.74) is 6.30. The first-order valence-corrected chi connectivity index (χ1v) is 17.3. The number of carbonyl (C=O) groups is 3. The molecule has 0 saturated heterocycles. The van der Waals surface area contributed by atoms with Gasteiger partial charge in [0, 0.05) is 17.5 Å². The van der Waals surface area contributed by atoms with Gasteiger partial charge in [-0.2, -0.15) is 0 Å². The minimum absolute atomic E-state index is 0.00771. The molecule has 0 bridgehead atoms. The van der Waals surface area contributed by atoms with Crippen LogP contribution in [-0.2, 0) is 33.4 Å². The molecule has 264 valence electrons. The lowest BCUT2D eigenvalue weighted by molar-refractivity contribution is -0.137. The van der Waals surface area contributed by atoms with Gasteiger partial charge in [0.25, 0.3) is 5.91 Å². The fraction of sp³-hybridized carbons (Fsp3) is 0.372. The second kappa shape index (κ2) is 15.8. The third kappa shape index (κ3) is 11.1. The van der Waals surface area contributed by atoms with Crippen LogP contribution in [0, 0.1) is 0 Å². The first-order chi connectivity index (χ1) is 23.4. The van der Waals surface area contributed by atoms with Crippen molar-refractivity contribution in [2.75, 3.05) is 0 Å². The Morgan fingerprint density at radius 3 is 1.76 bits per heavy atom. The number of carboxylic acids is 1. The minimum atomic E-state index is -1.04. The van der Waals surface area contributed by atoms with Crippen LogP contribution in [0.1, 0.15) is 101 Å². The Kier molecular flexibility index (Phi) is 11.9. The number of hydrogen-bond acceptors (Lipinski definition) is 4. The third-order valence-corrected chi connectivity index (χ3v) is 8.70. The van der Waals surface area contributed by atoms with Crippen molar-refractivity contribution >= 4 is 17.8 Å². The standard InChI is InChI=1S/C43H52N2O5/c1-41(2,3)34-24-35(42(4,5)6)26-36(25-34)50-28-30-14-16-31(17-15-30)32-18-20-33(21-19-32)39(48)44-37(22-23-38(46)47)40(49)45-43(7,8)27-29-12-10-9-11-13-29/h9-21,24-26,37H,22-23,27-28H2,1-8H3,(H,44,48)(H,45,49)(H,46,47)/t37-/m0/s1. The van der Waals surface area contributed by atoms with E-state index >= 15 is 0 Å². The Labute approximate surface area is 297 Å². The lowest BCUT2D eigenvalue weighted by Gasteiger charge is -2.29. The van der Waals surface area contributed by atoms with E-state index in [1.807, 2.05) is 80.6 Å².